The minimum Gasteiger partial charge on any atom is -0.178 e. The van der Waals surface area contributed by atoms with Gasteiger partial charge in [0.25, 0.3) is 0 Å². The summed E-state index contributed by atoms with van der Waals surface area (Å²) in [7, 11) is 0. The summed E-state index contributed by atoms with van der Waals surface area (Å²) in [5, 5.41) is 0. The van der Waals surface area contributed by atoms with Gasteiger partial charge in [0.2, 0.25) is 0 Å². The van der Waals surface area contributed by atoms with E-state index in [4.69, 9.17) is 0 Å². The lowest BCUT2D eigenvalue weighted by Gasteiger charge is -2.19. The number of rotatable bonds is 3. The summed E-state index contributed by atoms with van der Waals surface area (Å²) in [6.07, 6.45) is 3.10. The number of thiol groups is 1. The number of hydrogen-bond donors (Lipinski definition) is 1. The van der Waals surface area contributed by atoms with Crippen LogP contribution in [0.15, 0.2) is 12.7 Å². The van der Waals surface area contributed by atoms with Crippen molar-refractivity contribution in [2.24, 2.45) is 5.41 Å². The molecule has 1 atom stereocenters. The molecule has 0 aromatic heterocycles. The highest BCUT2D eigenvalue weighted by molar-refractivity contribution is 7.80. The first-order valence-electron chi connectivity index (χ1n) is 2.93. The van der Waals surface area contributed by atoms with Gasteiger partial charge in [-0.25, -0.2) is 0 Å². The molecule has 0 aliphatic carbocycles. The average Bonchev–Trinajstić information content (AvgIpc) is 1.87. The van der Waals surface area contributed by atoms with Crippen molar-refractivity contribution in [3.63, 3.8) is 0 Å². The summed E-state index contributed by atoms with van der Waals surface area (Å²) in [5.41, 5.74) is 0.253. The summed E-state index contributed by atoms with van der Waals surface area (Å²) in [6, 6.07) is 0. The van der Waals surface area contributed by atoms with Crippen molar-refractivity contribution < 1.29 is 0 Å². The predicted molar refractivity (Wildman–Crippen MR) is 42.4 cm³/mol. The van der Waals surface area contributed by atoms with Crippen LogP contribution in [-0.4, -0.2) is 5.75 Å². The molecule has 1 unspecified atom stereocenters. The fourth-order valence-electron chi connectivity index (χ4n) is 0.321. The van der Waals surface area contributed by atoms with E-state index in [1.807, 2.05) is 6.08 Å². The van der Waals surface area contributed by atoms with E-state index in [2.05, 4.69) is 33.1 Å². The van der Waals surface area contributed by atoms with Gasteiger partial charge in [0.05, 0.1) is 0 Å². The van der Waals surface area contributed by atoms with Crippen LogP contribution in [0.1, 0.15) is 20.3 Å². The van der Waals surface area contributed by atoms with Gasteiger partial charge >= 0.3 is 0 Å². The van der Waals surface area contributed by atoms with Gasteiger partial charge in [0.15, 0.2) is 0 Å². The number of hydrogen-bond acceptors (Lipinski definition) is 1. The lowest BCUT2D eigenvalue weighted by molar-refractivity contribution is 0.475. The van der Waals surface area contributed by atoms with E-state index < -0.39 is 0 Å². The average molecular weight is 130 g/mol. The topological polar surface area (TPSA) is 0 Å². The van der Waals surface area contributed by atoms with Crippen molar-refractivity contribution in [3.8, 4) is 0 Å². The Morgan fingerprint density at radius 2 is 2.25 bits per heavy atom. The standard InChI is InChI=1S/C7H14S/c1-4-7(3,5-2)6-8/h4,8H,1,5-6H2,2-3H3. The minimum atomic E-state index is 0.253. The molecular formula is C7H14S. The Morgan fingerprint density at radius 3 is 2.25 bits per heavy atom. The lowest BCUT2D eigenvalue weighted by atomic mass is 9.91. The molecule has 0 aliphatic heterocycles. The Hall–Kier alpha value is 0.0900. The van der Waals surface area contributed by atoms with Gasteiger partial charge in [-0.3, -0.25) is 0 Å². The van der Waals surface area contributed by atoms with Crippen LogP contribution in [0, 0.1) is 5.41 Å². The van der Waals surface area contributed by atoms with E-state index >= 15 is 0 Å². The second-order valence-corrected chi connectivity index (χ2v) is 2.69. The molecule has 0 nitrogen and oxygen atoms in total. The molecular weight excluding hydrogens is 116 g/mol. The SMILES string of the molecule is C=CC(C)(CC)CS. The van der Waals surface area contributed by atoms with E-state index in [0.29, 0.717) is 0 Å². The van der Waals surface area contributed by atoms with Crippen LogP contribution in [0.5, 0.6) is 0 Å². The first kappa shape index (κ1) is 8.09. The van der Waals surface area contributed by atoms with Crippen molar-refractivity contribution in [2.45, 2.75) is 20.3 Å². The van der Waals surface area contributed by atoms with Crippen LogP contribution in [0.3, 0.4) is 0 Å². The highest BCUT2D eigenvalue weighted by Crippen LogP contribution is 2.22. The van der Waals surface area contributed by atoms with Gasteiger partial charge in [-0.05, 0) is 17.6 Å². The molecule has 8 heavy (non-hydrogen) atoms. The monoisotopic (exact) mass is 130 g/mol. The van der Waals surface area contributed by atoms with E-state index in [-0.39, 0.29) is 5.41 Å². The lowest BCUT2D eigenvalue weighted by Crippen LogP contribution is -2.12. The maximum absolute atomic E-state index is 4.19. The largest absolute Gasteiger partial charge is 0.178 e. The third-order valence-corrected chi connectivity index (χ3v) is 2.38. The second kappa shape index (κ2) is 3.18. The molecule has 0 saturated carbocycles. The Kier molecular flexibility index (Phi) is 3.22. The molecule has 0 saturated heterocycles. The van der Waals surface area contributed by atoms with Crippen LogP contribution in [0.4, 0.5) is 0 Å². The second-order valence-electron chi connectivity index (χ2n) is 2.37. The quantitative estimate of drug-likeness (QED) is 0.440. The van der Waals surface area contributed by atoms with Crippen molar-refractivity contribution in [2.75, 3.05) is 5.75 Å². The van der Waals surface area contributed by atoms with Crippen LogP contribution in [-0.2, 0) is 0 Å². The smallest absolute Gasteiger partial charge is 0.000932 e. The van der Waals surface area contributed by atoms with Gasteiger partial charge in [-0.15, -0.1) is 6.58 Å². The highest BCUT2D eigenvalue weighted by atomic mass is 32.1. The molecule has 0 aromatic rings. The molecule has 1 heteroatoms. The van der Waals surface area contributed by atoms with Crippen molar-refractivity contribution in [1.29, 1.82) is 0 Å². The Balaban J connectivity index is 3.76. The zero-order chi connectivity index (χ0) is 6.62. The fraction of sp³-hybridized carbons (Fsp3) is 0.714. The first-order valence-corrected chi connectivity index (χ1v) is 3.56. The summed E-state index contributed by atoms with van der Waals surface area (Å²) >= 11 is 4.19. The normalized spacial score (nSPS) is 17.4. The van der Waals surface area contributed by atoms with Crippen LogP contribution in [0.25, 0.3) is 0 Å². The molecule has 0 heterocycles. The van der Waals surface area contributed by atoms with Gasteiger partial charge in [-0.1, -0.05) is 19.9 Å². The molecule has 0 aromatic carbocycles. The van der Waals surface area contributed by atoms with Gasteiger partial charge < -0.3 is 0 Å². The van der Waals surface area contributed by atoms with Crippen LogP contribution < -0.4 is 0 Å². The van der Waals surface area contributed by atoms with E-state index in [1.165, 1.54) is 0 Å². The van der Waals surface area contributed by atoms with Crippen LogP contribution >= 0.6 is 12.6 Å². The zero-order valence-electron chi connectivity index (χ0n) is 5.65. The fourth-order valence-corrected chi connectivity index (χ4v) is 0.673. The van der Waals surface area contributed by atoms with Crippen LogP contribution in [0.2, 0.25) is 0 Å². The van der Waals surface area contributed by atoms with Gasteiger partial charge in [0, 0.05) is 0 Å². The molecule has 0 amide bonds. The summed E-state index contributed by atoms with van der Waals surface area (Å²) in [6.45, 7) is 8.04. The molecule has 0 fully saturated rings. The molecule has 48 valence electrons. The maximum Gasteiger partial charge on any atom is -0.000932 e. The molecule has 0 radical (unpaired) electrons. The zero-order valence-corrected chi connectivity index (χ0v) is 6.54. The third kappa shape index (κ3) is 1.91. The molecule has 0 N–H and O–H groups in total. The summed E-state index contributed by atoms with van der Waals surface area (Å²) < 4.78 is 0. The van der Waals surface area contributed by atoms with E-state index in [9.17, 15) is 0 Å². The Morgan fingerprint density at radius 1 is 1.75 bits per heavy atom. The maximum atomic E-state index is 4.19. The first-order chi connectivity index (χ1) is 3.68. The molecule has 0 aliphatic rings. The Labute approximate surface area is 57.4 Å². The molecule has 0 bridgehead atoms. The van der Waals surface area contributed by atoms with Gasteiger partial charge in [0.1, 0.15) is 0 Å². The Bertz CT molecular complexity index is 72.5. The predicted octanol–water partition coefficient (Wildman–Crippen LogP) is 2.52. The highest BCUT2D eigenvalue weighted by Gasteiger charge is 2.13. The van der Waals surface area contributed by atoms with E-state index in [1.54, 1.807) is 0 Å². The van der Waals surface area contributed by atoms with Gasteiger partial charge in [-0.2, -0.15) is 12.6 Å². The summed E-state index contributed by atoms with van der Waals surface area (Å²) in [4.78, 5) is 0. The summed E-state index contributed by atoms with van der Waals surface area (Å²) in [5.74, 6) is 0.896. The van der Waals surface area contributed by atoms with E-state index in [0.717, 1.165) is 12.2 Å². The van der Waals surface area contributed by atoms with Crippen molar-refractivity contribution >= 4 is 12.6 Å². The minimum absolute atomic E-state index is 0.253. The number of allylic oxidation sites excluding steroid dienone is 1. The van der Waals surface area contributed by atoms with Crippen molar-refractivity contribution in [3.05, 3.63) is 12.7 Å². The third-order valence-electron chi connectivity index (χ3n) is 1.66. The molecule has 0 rings (SSSR count). The molecule has 0 spiro atoms. The van der Waals surface area contributed by atoms with Crippen molar-refractivity contribution in [1.82, 2.24) is 0 Å².